The van der Waals surface area contributed by atoms with Gasteiger partial charge in [0.15, 0.2) is 0 Å². The number of hydrogen-bond acceptors (Lipinski definition) is 3. The summed E-state index contributed by atoms with van der Waals surface area (Å²) in [7, 11) is 0. The Bertz CT molecular complexity index is 448. The van der Waals surface area contributed by atoms with Gasteiger partial charge in [0.25, 0.3) is 0 Å². The second-order valence-corrected chi connectivity index (χ2v) is 5.88. The Kier molecular flexibility index (Phi) is 5.00. The molecule has 1 atom stereocenters. The number of benzene rings is 1. The van der Waals surface area contributed by atoms with Crippen LogP contribution in [0, 0.1) is 5.82 Å². The Morgan fingerprint density at radius 3 is 2.90 bits per heavy atom. The first-order valence-electron chi connectivity index (χ1n) is 7.30. The summed E-state index contributed by atoms with van der Waals surface area (Å²) in [5.41, 5.74) is 0.799. The van der Waals surface area contributed by atoms with Crippen molar-refractivity contribution in [2.45, 2.75) is 51.9 Å². The van der Waals surface area contributed by atoms with E-state index in [1.54, 1.807) is 6.07 Å². The predicted octanol–water partition coefficient (Wildman–Crippen LogP) is 3.27. The van der Waals surface area contributed by atoms with Gasteiger partial charge in [-0.1, -0.05) is 6.92 Å². The van der Waals surface area contributed by atoms with Crippen LogP contribution in [-0.2, 0) is 11.3 Å². The largest absolute Gasteiger partial charge is 0.491 e. The monoisotopic (exact) mass is 281 g/mol. The van der Waals surface area contributed by atoms with Crippen LogP contribution in [-0.4, -0.2) is 24.9 Å². The van der Waals surface area contributed by atoms with E-state index in [1.165, 1.54) is 12.1 Å². The molecule has 3 nitrogen and oxygen atoms in total. The van der Waals surface area contributed by atoms with Gasteiger partial charge in [-0.15, -0.1) is 0 Å². The average Bonchev–Trinajstić information content (AvgIpc) is 2.75. The van der Waals surface area contributed by atoms with Gasteiger partial charge in [0.1, 0.15) is 18.2 Å². The van der Waals surface area contributed by atoms with Crippen LogP contribution >= 0.6 is 0 Å². The maximum atomic E-state index is 13.3. The summed E-state index contributed by atoms with van der Waals surface area (Å²) < 4.78 is 25.0. The minimum Gasteiger partial charge on any atom is -0.491 e. The molecular formula is C16H24FNO2. The minimum atomic E-state index is -0.233. The molecule has 1 fully saturated rings. The molecule has 1 aromatic carbocycles. The molecule has 0 bridgehead atoms. The zero-order valence-corrected chi connectivity index (χ0v) is 12.5. The van der Waals surface area contributed by atoms with E-state index in [2.05, 4.69) is 19.2 Å². The molecule has 2 rings (SSSR count). The molecule has 0 radical (unpaired) electrons. The van der Waals surface area contributed by atoms with E-state index in [1.807, 2.05) is 6.92 Å². The van der Waals surface area contributed by atoms with Gasteiger partial charge >= 0.3 is 0 Å². The van der Waals surface area contributed by atoms with Crippen molar-refractivity contribution in [3.8, 4) is 5.75 Å². The highest BCUT2D eigenvalue weighted by molar-refractivity contribution is 5.34. The van der Waals surface area contributed by atoms with Gasteiger partial charge in [0.2, 0.25) is 0 Å². The lowest BCUT2D eigenvalue weighted by Crippen LogP contribution is -2.24. The Morgan fingerprint density at radius 1 is 1.45 bits per heavy atom. The molecule has 1 aromatic rings. The molecule has 4 heteroatoms. The second kappa shape index (κ2) is 6.55. The van der Waals surface area contributed by atoms with Crippen molar-refractivity contribution >= 4 is 0 Å². The van der Waals surface area contributed by atoms with E-state index < -0.39 is 0 Å². The van der Waals surface area contributed by atoms with Gasteiger partial charge in [0.05, 0.1) is 11.7 Å². The maximum absolute atomic E-state index is 13.3. The van der Waals surface area contributed by atoms with Crippen LogP contribution in [0.5, 0.6) is 5.75 Å². The van der Waals surface area contributed by atoms with Crippen LogP contribution < -0.4 is 10.1 Å². The van der Waals surface area contributed by atoms with E-state index in [0.717, 1.165) is 30.7 Å². The van der Waals surface area contributed by atoms with Crippen LogP contribution in [0.1, 0.15) is 39.2 Å². The van der Waals surface area contributed by atoms with E-state index in [9.17, 15) is 4.39 Å². The van der Waals surface area contributed by atoms with Crippen LogP contribution in [0.4, 0.5) is 4.39 Å². The van der Waals surface area contributed by atoms with E-state index in [-0.39, 0.29) is 17.5 Å². The zero-order valence-electron chi connectivity index (χ0n) is 12.5. The molecular weight excluding hydrogens is 257 g/mol. The molecule has 0 aromatic heterocycles. The van der Waals surface area contributed by atoms with Crippen molar-refractivity contribution in [3.63, 3.8) is 0 Å². The molecule has 1 aliphatic rings. The molecule has 112 valence electrons. The third kappa shape index (κ3) is 4.18. The summed E-state index contributed by atoms with van der Waals surface area (Å²) in [5, 5.41) is 3.20. The molecule has 0 spiro atoms. The lowest BCUT2D eigenvalue weighted by Gasteiger charge is -2.20. The Balaban J connectivity index is 1.95. The molecule has 20 heavy (non-hydrogen) atoms. The van der Waals surface area contributed by atoms with E-state index in [0.29, 0.717) is 13.2 Å². The lowest BCUT2D eigenvalue weighted by molar-refractivity contribution is -0.0327. The van der Waals surface area contributed by atoms with E-state index >= 15 is 0 Å². The fraction of sp³-hybridized carbons (Fsp3) is 0.625. The molecule has 0 amide bonds. The van der Waals surface area contributed by atoms with Crippen LogP contribution in [0.3, 0.4) is 0 Å². The van der Waals surface area contributed by atoms with Crippen molar-refractivity contribution in [2.75, 3.05) is 13.2 Å². The predicted molar refractivity (Wildman–Crippen MR) is 77.5 cm³/mol. The topological polar surface area (TPSA) is 30.5 Å². The van der Waals surface area contributed by atoms with Crippen molar-refractivity contribution in [1.29, 1.82) is 0 Å². The van der Waals surface area contributed by atoms with Gasteiger partial charge < -0.3 is 14.8 Å². The second-order valence-electron chi connectivity index (χ2n) is 5.88. The van der Waals surface area contributed by atoms with Crippen molar-refractivity contribution in [3.05, 3.63) is 29.6 Å². The SMILES string of the molecule is CCNCc1cc(F)ccc1OCC1CCC(C)(C)O1. The Hall–Kier alpha value is -1.13. The highest BCUT2D eigenvalue weighted by Gasteiger charge is 2.31. The molecule has 1 aliphatic heterocycles. The summed E-state index contributed by atoms with van der Waals surface area (Å²) in [6, 6.07) is 4.66. The van der Waals surface area contributed by atoms with Gasteiger partial charge in [-0.2, -0.15) is 0 Å². The fourth-order valence-electron chi connectivity index (χ4n) is 2.46. The van der Waals surface area contributed by atoms with Crippen molar-refractivity contribution in [1.82, 2.24) is 5.32 Å². The quantitative estimate of drug-likeness (QED) is 0.868. The number of ether oxygens (including phenoxy) is 2. The normalized spacial score (nSPS) is 21.1. The highest BCUT2D eigenvalue weighted by Crippen LogP contribution is 2.30. The first kappa shape index (κ1) is 15.3. The maximum Gasteiger partial charge on any atom is 0.124 e. The average molecular weight is 281 g/mol. The molecule has 0 aliphatic carbocycles. The summed E-state index contributed by atoms with van der Waals surface area (Å²) in [6.07, 6.45) is 2.19. The van der Waals surface area contributed by atoms with E-state index in [4.69, 9.17) is 9.47 Å². The molecule has 1 heterocycles. The number of hydrogen-bond donors (Lipinski definition) is 1. The van der Waals surface area contributed by atoms with Crippen LogP contribution in [0.2, 0.25) is 0 Å². The van der Waals surface area contributed by atoms with Gasteiger partial charge in [-0.3, -0.25) is 0 Å². The minimum absolute atomic E-state index is 0.0522. The summed E-state index contributed by atoms with van der Waals surface area (Å²) in [4.78, 5) is 0. The zero-order chi connectivity index (χ0) is 14.6. The van der Waals surface area contributed by atoms with Gasteiger partial charge in [0, 0.05) is 12.1 Å². The first-order chi connectivity index (χ1) is 9.50. The highest BCUT2D eigenvalue weighted by atomic mass is 19.1. The third-order valence-corrected chi connectivity index (χ3v) is 3.57. The van der Waals surface area contributed by atoms with Crippen LogP contribution in [0.25, 0.3) is 0 Å². The Labute approximate surface area is 120 Å². The molecule has 1 saturated heterocycles. The van der Waals surface area contributed by atoms with Gasteiger partial charge in [-0.25, -0.2) is 4.39 Å². The van der Waals surface area contributed by atoms with Crippen LogP contribution in [0.15, 0.2) is 18.2 Å². The third-order valence-electron chi connectivity index (χ3n) is 3.57. The number of nitrogens with one attached hydrogen (secondary N) is 1. The molecule has 1 unspecified atom stereocenters. The number of halogens is 1. The lowest BCUT2D eigenvalue weighted by atomic mass is 10.1. The van der Waals surface area contributed by atoms with Crippen molar-refractivity contribution in [2.24, 2.45) is 0 Å². The Morgan fingerprint density at radius 2 is 2.25 bits per heavy atom. The van der Waals surface area contributed by atoms with Gasteiger partial charge in [-0.05, 0) is 51.4 Å². The first-order valence-corrected chi connectivity index (χ1v) is 7.30. The fourth-order valence-corrected chi connectivity index (χ4v) is 2.46. The molecule has 0 saturated carbocycles. The summed E-state index contributed by atoms with van der Waals surface area (Å²) >= 11 is 0. The smallest absolute Gasteiger partial charge is 0.124 e. The standard InChI is InChI=1S/C16H24FNO2/c1-4-18-10-12-9-13(17)5-6-15(12)19-11-14-7-8-16(2,3)20-14/h5-6,9,14,18H,4,7-8,10-11H2,1-3H3. The number of rotatable bonds is 6. The molecule has 1 N–H and O–H groups in total. The summed E-state index contributed by atoms with van der Waals surface area (Å²) in [6.45, 7) is 8.20. The summed E-state index contributed by atoms with van der Waals surface area (Å²) in [5.74, 6) is 0.504. The van der Waals surface area contributed by atoms with Crippen molar-refractivity contribution < 1.29 is 13.9 Å².